The van der Waals surface area contributed by atoms with E-state index in [0.717, 1.165) is 25.6 Å². The van der Waals surface area contributed by atoms with Crippen LogP contribution in [-0.4, -0.2) is 46.3 Å². The third-order valence-corrected chi connectivity index (χ3v) is 4.02. The molecule has 8 heteroatoms. The summed E-state index contributed by atoms with van der Waals surface area (Å²) in [7, 11) is -1.51. The van der Waals surface area contributed by atoms with E-state index in [-0.39, 0.29) is 24.0 Å². The third-order valence-electron chi connectivity index (χ3n) is 3.10. The molecule has 0 bridgehead atoms. The lowest BCUT2D eigenvalue weighted by atomic mass is 10.0. The van der Waals surface area contributed by atoms with Crippen molar-refractivity contribution in [3.63, 3.8) is 0 Å². The number of guanidine groups is 1. The summed E-state index contributed by atoms with van der Waals surface area (Å²) < 4.78 is 25.1. The van der Waals surface area contributed by atoms with Gasteiger partial charge in [0, 0.05) is 25.7 Å². The van der Waals surface area contributed by atoms with Crippen molar-refractivity contribution in [3.05, 3.63) is 0 Å². The number of nitrogens with zero attached hydrogens (tertiary/aromatic N) is 1. The van der Waals surface area contributed by atoms with Gasteiger partial charge in [0.25, 0.3) is 0 Å². The molecule has 0 aromatic heterocycles. The Kier molecular flexibility index (Phi) is 11.7. The van der Waals surface area contributed by atoms with Crippen LogP contribution in [0.25, 0.3) is 0 Å². The largest absolute Gasteiger partial charge is 0.356 e. The van der Waals surface area contributed by atoms with Crippen molar-refractivity contribution < 1.29 is 8.42 Å². The molecule has 0 spiro atoms. The molecule has 21 heavy (non-hydrogen) atoms. The van der Waals surface area contributed by atoms with Gasteiger partial charge in [0.15, 0.2) is 5.96 Å². The molecule has 0 unspecified atom stereocenters. The van der Waals surface area contributed by atoms with Crippen molar-refractivity contribution in [2.24, 2.45) is 10.9 Å². The summed E-state index contributed by atoms with van der Waals surface area (Å²) in [6, 6.07) is 0. The number of sulfonamides is 1. The van der Waals surface area contributed by atoms with E-state index in [1.165, 1.54) is 0 Å². The molecule has 0 aliphatic rings. The summed E-state index contributed by atoms with van der Waals surface area (Å²) in [5.41, 5.74) is -0.569. The van der Waals surface area contributed by atoms with Crippen LogP contribution in [0.1, 0.15) is 40.5 Å². The van der Waals surface area contributed by atoms with E-state index in [2.05, 4.69) is 34.2 Å². The Morgan fingerprint density at radius 2 is 1.71 bits per heavy atom. The molecule has 0 atom stereocenters. The zero-order valence-corrected chi connectivity index (χ0v) is 17.1. The van der Waals surface area contributed by atoms with E-state index in [0.29, 0.717) is 18.4 Å². The average Bonchev–Trinajstić information content (AvgIpc) is 2.31. The van der Waals surface area contributed by atoms with Gasteiger partial charge in [-0.3, -0.25) is 4.99 Å². The minimum atomic E-state index is -3.22. The molecular formula is C13H31IN4O2S. The zero-order valence-electron chi connectivity index (χ0n) is 14.0. The normalized spacial score (nSPS) is 13.0. The zero-order chi connectivity index (χ0) is 15.8. The predicted octanol–water partition coefficient (Wildman–Crippen LogP) is 1.53. The molecule has 6 nitrogen and oxygen atoms in total. The van der Waals surface area contributed by atoms with Gasteiger partial charge in [-0.2, -0.15) is 0 Å². The Labute approximate surface area is 147 Å². The van der Waals surface area contributed by atoms with Gasteiger partial charge >= 0.3 is 0 Å². The van der Waals surface area contributed by atoms with Gasteiger partial charge in [-0.1, -0.05) is 26.7 Å². The van der Waals surface area contributed by atoms with Crippen LogP contribution < -0.4 is 15.4 Å². The van der Waals surface area contributed by atoms with Crippen LogP contribution >= 0.6 is 24.0 Å². The second-order valence-electron chi connectivity index (χ2n) is 5.75. The topological polar surface area (TPSA) is 82.6 Å². The molecule has 0 saturated carbocycles. The molecule has 0 heterocycles. The highest BCUT2D eigenvalue weighted by atomic mass is 127. The molecule has 0 fully saturated rings. The molecule has 0 aliphatic carbocycles. The van der Waals surface area contributed by atoms with Gasteiger partial charge in [-0.05, 0) is 19.8 Å². The second-order valence-corrected chi connectivity index (χ2v) is 7.50. The molecule has 0 aliphatic heterocycles. The predicted molar refractivity (Wildman–Crippen MR) is 101 cm³/mol. The van der Waals surface area contributed by atoms with Crippen molar-refractivity contribution in [2.45, 2.75) is 46.1 Å². The highest BCUT2D eigenvalue weighted by Gasteiger charge is 2.22. The van der Waals surface area contributed by atoms with E-state index in [4.69, 9.17) is 0 Å². The number of aliphatic imine (C=N–C) groups is 1. The molecule has 0 aromatic rings. The first-order valence-electron chi connectivity index (χ1n) is 7.07. The minimum Gasteiger partial charge on any atom is -0.356 e. The Hall–Kier alpha value is -0.0900. The molecule has 0 rings (SSSR count). The fraction of sp³-hybridized carbons (Fsp3) is 0.923. The van der Waals surface area contributed by atoms with Crippen molar-refractivity contribution in [1.29, 1.82) is 0 Å². The fourth-order valence-corrected chi connectivity index (χ4v) is 2.96. The summed E-state index contributed by atoms with van der Waals surface area (Å²) >= 11 is 0. The van der Waals surface area contributed by atoms with Gasteiger partial charge in [0.1, 0.15) is 0 Å². The molecular weight excluding hydrogens is 403 g/mol. The monoisotopic (exact) mass is 434 g/mol. The van der Waals surface area contributed by atoms with E-state index in [1.807, 2.05) is 13.8 Å². The summed E-state index contributed by atoms with van der Waals surface area (Å²) in [6.07, 6.45) is 3.41. The highest BCUT2D eigenvalue weighted by molar-refractivity contribution is 14.0. The number of hydrogen-bond acceptors (Lipinski definition) is 3. The molecule has 0 saturated heterocycles. The number of halogens is 1. The van der Waals surface area contributed by atoms with Gasteiger partial charge in [-0.15, -0.1) is 24.0 Å². The smallest absolute Gasteiger partial charge is 0.209 e. The summed E-state index contributed by atoms with van der Waals surface area (Å²) in [6.45, 7) is 9.33. The SMILES string of the molecule is CCC(CC)CNC(=NC)NCC(C)(C)NS(C)(=O)=O.I. The number of nitrogens with one attached hydrogen (secondary N) is 3. The molecule has 0 radical (unpaired) electrons. The third kappa shape index (κ3) is 12.2. The van der Waals surface area contributed by atoms with E-state index in [9.17, 15) is 8.42 Å². The lowest BCUT2D eigenvalue weighted by molar-refractivity contribution is 0.442. The maximum absolute atomic E-state index is 11.3. The summed E-state index contributed by atoms with van der Waals surface area (Å²) in [5.74, 6) is 1.32. The van der Waals surface area contributed by atoms with E-state index >= 15 is 0 Å². The summed E-state index contributed by atoms with van der Waals surface area (Å²) in [5, 5.41) is 6.42. The van der Waals surface area contributed by atoms with Crippen molar-refractivity contribution in [2.75, 3.05) is 26.4 Å². The van der Waals surface area contributed by atoms with Crippen LogP contribution in [-0.2, 0) is 10.0 Å². The molecule has 128 valence electrons. The van der Waals surface area contributed by atoms with Gasteiger partial charge in [0.2, 0.25) is 10.0 Å². The van der Waals surface area contributed by atoms with Crippen LogP contribution in [0.3, 0.4) is 0 Å². The lowest BCUT2D eigenvalue weighted by Crippen LogP contribution is -2.53. The number of hydrogen-bond donors (Lipinski definition) is 3. The van der Waals surface area contributed by atoms with Crippen molar-refractivity contribution in [3.8, 4) is 0 Å². The maximum atomic E-state index is 11.3. The Balaban J connectivity index is 0. The van der Waals surface area contributed by atoms with E-state index in [1.54, 1.807) is 7.05 Å². The van der Waals surface area contributed by atoms with Crippen molar-refractivity contribution in [1.82, 2.24) is 15.4 Å². The maximum Gasteiger partial charge on any atom is 0.209 e. The van der Waals surface area contributed by atoms with Gasteiger partial charge in [0.05, 0.1) is 6.26 Å². The highest BCUT2D eigenvalue weighted by Crippen LogP contribution is 2.05. The molecule has 3 N–H and O–H groups in total. The quantitative estimate of drug-likeness (QED) is 0.308. The van der Waals surface area contributed by atoms with Crippen LogP contribution in [0.5, 0.6) is 0 Å². The fourth-order valence-electron chi connectivity index (χ4n) is 1.88. The van der Waals surface area contributed by atoms with Crippen LogP contribution in [0, 0.1) is 5.92 Å². The Morgan fingerprint density at radius 3 is 2.10 bits per heavy atom. The summed E-state index contributed by atoms with van der Waals surface area (Å²) in [4.78, 5) is 4.15. The van der Waals surface area contributed by atoms with E-state index < -0.39 is 15.6 Å². The minimum absolute atomic E-state index is 0. The first-order chi connectivity index (χ1) is 9.13. The van der Waals surface area contributed by atoms with Crippen molar-refractivity contribution >= 4 is 40.0 Å². The Bertz CT molecular complexity index is 406. The molecule has 0 amide bonds. The first kappa shape index (κ1) is 23.2. The Morgan fingerprint density at radius 1 is 1.19 bits per heavy atom. The lowest BCUT2D eigenvalue weighted by Gasteiger charge is -2.26. The average molecular weight is 434 g/mol. The van der Waals surface area contributed by atoms with Gasteiger partial charge in [-0.25, -0.2) is 13.1 Å². The molecule has 0 aromatic carbocycles. The van der Waals surface area contributed by atoms with Crippen LogP contribution in [0.2, 0.25) is 0 Å². The van der Waals surface area contributed by atoms with Crippen LogP contribution in [0.4, 0.5) is 0 Å². The standard InChI is InChI=1S/C13H30N4O2S.HI/c1-7-11(8-2)9-15-12(14-5)16-10-13(3,4)17-20(6,18)19;/h11,17H,7-10H2,1-6H3,(H2,14,15,16);1H. The second kappa shape index (κ2) is 10.6. The van der Waals surface area contributed by atoms with Gasteiger partial charge < -0.3 is 10.6 Å². The number of rotatable bonds is 8. The first-order valence-corrected chi connectivity index (χ1v) is 8.96. The van der Waals surface area contributed by atoms with Crippen LogP contribution in [0.15, 0.2) is 4.99 Å².